The van der Waals surface area contributed by atoms with Gasteiger partial charge in [-0.15, -0.1) is 0 Å². The quantitative estimate of drug-likeness (QED) is 0.767. The molecule has 1 heterocycles. The Morgan fingerprint density at radius 3 is 2.17 bits per heavy atom. The summed E-state index contributed by atoms with van der Waals surface area (Å²) in [6.07, 6.45) is -4.62. The molecule has 0 aliphatic rings. The van der Waals surface area contributed by atoms with Crippen LogP contribution in [-0.4, -0.2) is 4.98 Å². The molecule has 0 aliphatic heterocycles. The topological polar surface area (TPSA) is 86.5 Å². The van der Waals surface area contributed by atoms with Crippen LogP contribution in [0, 0.1) is 22.7 Å². The number of nitriles is 2. The third kappa shape index (κ3) is 3.02. The first-order chi connectivity index (χ1) is 10.7. The highest BCUT2D eigenvalue weighted by Crippen LogP contribution is 2.39. The van der Waals surface area contributed by atoms with E-state index < -0.39 is 16.8 Å². The number of aromatic nitrogens is 1. The molecule has 9 heteroatoms. The molecule has 0 spiro atoms. The molecule has 4 nitrogen and oxygen atoms in total. The Morgan fingerprint density at radius 1 is 1.09 bits per heavy atom. The van der Waals surface area contributed by atoms with Gasteiger partial charge >= 0.3 is 6.18 Å². The molecule has 1 aromatic heterocycles. The van der Waals surface area contributed by atoms with Gasteiger partial charge in [0.05, 0.1) is 16.1 Å². The molecule has 0 bridgehead atoms. The van der Waals surface area contributed by atoms with Crippen molar-refractivity contribution >= 4 is 29.0 Å². The minimum atomic E-state index is -4.62. The van der Waals surface area contributed by atoms with Crippen LogP contribution in [0.3, 0.4) is 0 Å². The van der Waals surface area contributed by atoms with Crippen molar-refractivity contribution in [2.24, 2.45) is 0 Å². The Labute approximate surface area is 138 Å². The molecule has 2 N–H and O–H groups in total. The van der Waals surface area contributed by atoms with Crippen molar-refractivity contribution in [1.82, 2.24) is 4.98 Å². The number of hydrogen-bond acceptors (Lipinski definition) is 4. The zero-order valence-corrected chi connectivity index (χ0v) is 12.6. The van der Waals surface area contributed by atoms with Gasteiger partial charge in [0.1, 0.15) is 28.7 Å². The van der Waals surface area contributed by atoms with Crippen LogP contribution in [0.1, 0.15) is 16.7 Å². The van der Waals surface area contributed by atoms with Gasteiger partial charge in [-0.1, -0.05) is 29.3 Å². The summed E-state index contributed by atoms with van der Waals surface area (Å²) in [6.45, 7) is 0. The molecular formula is C14H5Cl2F3N4. The van der Waals surface area contributed by atoms with Gasteiger partial charge in [0.2, 0.25) is 0 Å². The zero-order valence-electron chi connectivity index (χ0n) is 11.0. The molecule has 116 valence electrons. The van der Waals surface area contributed by atoms with E-state index in [4.69, 9.17) is 28.9 Å². The first kappa shape index (κ1) is 16.9. The maximum Gasteiger partial charge on any atom is 0.417 e. The fourth-order valence-electron chi connectivity index (χ4n) is 1.98. The van der Waals surface area contributed by atoms with Crippen LogP contribution in [0.5, 0.6) is 0 Å². The van der Waals surface area contributed by atoms with Crippen LogP contribution in [0.25, 0.3) is 11.1 Å². The third-order valence-electron chi connectivity index (χ3n) is 2.97. The first-order valence-electron chi connectivity index (χ1n) is 5.87. The Bertz CT molecular complexity index is 841. The molecule has 0 aliphatic carbocycles. The van der Waals surface area contributed by atoms with Gasteiger partial charge in [-0.2, -0.15) is 23.7 Å². The minimum Gasteiger partial charge on any atom is -0.383 e. The Balaban J connectivity index is 2.81. The van der Waals surface area contributed by atoms with Gasteiger partial charge in [-0.05, 0) is 17.7 Å². The summed E-state index contributed by atoms with van der Waals surface area (Å²) in [5.41, 5.74) is 4.31. The molecule has 0 saturated heterocycles. The highest BCUT2D eigenvalue weighted by molar-refractivity contribution is 6.32. The van der Waals surface area contributed by atoms with E-state index in [2.05, 4.69) is 4.98 Å². The summed E-state index contributed by atoms with van der Waals surface area (Å²) >= 11 is 11.5. The predicted octanol–water partition coefficient (Wildman–Crippen LogP) is 4.40. The van der Waals surface area contributed by atoms with Gasteiger partial charge in [-0.25, -0.2) is 4.98 Å². The number of nitrogen functional groups attached to an aromatic ring is 1. The number of hydrogen-bond donors (Lipinski definition) is 1. The minimum absolute atomic E-state index is 0.0110. The number of anilines is 1. The van der Waals surface area contributed by atoms with E-state index in [1.807, 2.05) is 0 Å². The number of rotatable bonds is 1. The molecule has 0 radical (unpaired) electrons. The molecule has 0 saturated carbocycles. The van der Waals surface area contributed by atoms with Gasteiger partial charge in [-0.3, -0.25) is 0 Å². The average Bonchev–Trinajstić information content (AvgIpc) is 2.45. The van der Waals surface area contributed by atoms with Crippen molar-refractivity contribution in [1.29, 1.82) is 10.5 Å². The second-order valence-corrected chi connectivity index (χ2v) is 5.09. The number of alkyl halides is 3. The second kappa shape index (κ2) is 5.96. The van der Waals surface area contributed by atoms with Crippen LogP contribution >= 0.6 is 23.2 Å². The largest absolute Gasteiger partial charge is 0.417 e. The lowest BCUT2D eigenvalue weighted by Gasteiger charge is -2.13. The maximum atomic E-state index is 12.8. The summed E-state index contributed by atoms with van der Waals surface area (Å²) in [6, 6.07) is 6.36. The Morgan fingerprint density at radius 2 is 1.70 bits per heavy atom. The van der Waals surface area contributed by atoms with Crippen LogP contribution in [0.4, 0.5) is 19.0 Å². The fourth-order valence-corrected chi connectivity index (χ4v) is 2.49. The normalized spacial score (nSPS) is 10.9. The van der Waals surface area contributed by atoms with E-state index >= 15 is 0 Å². The lowest BCUT2D eigenvalue weighted by molar-refractivity contribution is -0.137. The maximum absolute atomic E-state index is 12.8. The standard InChI is InChI=1S/C14H5Cl2F3N4/c15-10-3-6(1-2-9(10)14(17,18)19)11-7(4-20)12(16)23-13(22)8(11)5-21/h1-3H,(H2,22,23). The van der Waals surface area contributed by atoms with Crippen LogP contribution in [-0.2, 0) is 6.18 Å². The van der Waals surface area contributed by atoms with E-state index in [1.54, 1.807) is 12.1 Å². The molecule has 0 fully saturated rings. The monoisotopic (exact) mass is 356 g/mol. The van der Waals surface area contributed by atoms with E-state index in [1.165, 1.54) is 0 Å². The van der Waals surface area contributed by atoms with Crippen molar-refractivity contribution in [3.63, 3.8) is 0 Å². The van der Waals surface area contributed by atoms with E-state index in [-0.39, 0.29) is 33.2 Å². The zero-order chi connectivity index (χ0) is 17.4. The number of benzene rings is 1. The molecule has 0 atom stereocenters. The molecule has 0 unspecified atom stereocenters. The SMILES string of the molecule is N#Cc1c(N)nc(Cl)c(C#N)c1-c1ccc(C(F)(F)F)c(Cl)c1. The molecule has 2 rings (SSSR count). The first-order valence-corrected chi connectivity index (χ1v) is 6.62. The molecule has 2 aromatic rings. The van der Waals surface area contributed by atoms with Crippen LogP contribution in [0.15, 0.2) is 18.2 Å². The Hall–Kier alpha value is -2.48. The van der Waals surface area contributed by atoms with Gasteiger partial charge in [0.25, 0.3) is 0 Å². The average molecular weight is 357 g/mol. The van der Waals surface area contributed by atoms with Crippen molar-refractivity contribution in [2.45, 2.75) is 6.18 Å². The van der Waals surface area contributed by atoms with E-state index in [9.17, 15) is 23.7 Å². The van der Waals surface area contributed by atoms with Gasteiger partial charge < -0.3 is 5.73 Å². The number of halogens is 5. The summed E-state index contributed by atoms with van der Waals surface area (Å²) < 4.78 is 38.3. The fraction of sp³-hybridized carbons (Fsp3) is 0.0714. The lowest BCUT2D eigenvalue weighted by Crippen LogP contribution is -2.06. The second-order valence-electron chi connectivity index (χ2n) is 4.33. The Kier molecular flexibility index (Phi) is 4.37. The van der Waals surface area contributed by atoms with Crippen molar-refractivity contribution < 1.29 is 13.2 Å². The van der Waals surface area contributed by atoms with Crippen molar-refractivity contribution in [3.05, 3.63) is 45.1 Å². The summed E-state index contributed by atoms with van der Waals surface area (Å²) in [7, 11) is 0. The summed E-state index contributed by atoms with van der Waals surface area (Å²) in [4.78, 5) is 3.67. The van der Waals surface area contributed by atoms with E-state index in [0.717, 1.165) is 18.2 Å². The van der Waals surface area contributed by atoms with E-state index in [0.29, 0.717) is 0 Å². The van der Waals surface area contributed by atoms with Crippen LogP contribution in [0.2, 0.25) is 10.2 Å². The number of nitrogens with two attached hydrogens (primary N) is 1. The number of pyridine rings is 1. The highest BCUT2D eigenvalue weighted by atomic mass is 35.5. The van der Waals surface area contributed by atoms with Crippen molar-refractivity contribution in [2.75, 3.05) is 5.73 Å². The molecule has 1 aromatic carbocycles. The predicted molar refractivity (Wildman–Crippen MR) is 78.5 cm³/mol. The molecule has 0 amide bonds. The summed E-state index contributed by atoms with van der Waals surface area (Å²) in [5.74, 6) is -0.234. The van der Waals surface area contributed by atoms with Gasteiger partial charge in [0, 0.05) is 5.56 Å². The smallest absolute Gasteiger partial charge is 0.383 e. The number of nitrogens with zero attached hydrogens (tertiary/aromatic N) is 3. The molecular weight excluding hydrogens is 352 g/mol. The third-order valence-corrected chi connectivity index (χ3v) is 3.55. The van der Waals surface area contributed by atoms with Crippen molar-refractivity contribution in [3.8, 4) is 23.3 Å². The summed E-state index contributed by atoms with van der Waals surface area (Å²) in [5, 5.41) is 17.5. The highest BCUT2D eigenvalue weighted by Gasteiger charge is 2.33. The molecule has 23 heavy (non-hydrogen) atoms. The lowest BCUT2D eigenvalue weighted by atomic mass is 9.96. The van der Waals surface area contributed by atoms with Crippen LogP contribution < -0.4 is 5.73 Å². The van der Waals surface area contributed by atoms with Gasteiger partial charge in [0.15, 0.2) is 0 Å².